The first-order valence-electron chi connectivity index (χ1n) is 6.20. The molecule has 1 aromatic heterocycles. The lowest BCUT2D eigenvalue weighted by Crippen LogP contribution is -2.07. The van der Waals surface area contributed by atoms with Crippen LogP contribution in [0.1, 0.15) is 0 Å². The van der Waals surface area contributed by atoms with Gasteiger partial charge in [-0.05, 0) is 30.3 Å². The van der Waals surface area contributed by atoms with Gasteiger partial charge < -0.3 is 0 Å². The predicted octanol–water partition coefficient (Wildman–Crippen LogP) is 5.67. The fraction of sp³-hybridized carbons (Fsp3) is 0. The average Bonchev–Trinajstić information content (AvgIpc) is 2.95. The maximum absolute atomic E-state index is 5.94. The third kappa shape index (κ3) is 3.75. The maximum Gasteiger partial charge on any atom is 0.202 e. The van der Waals surface area contributed by atoms with Crippen LogP contribution < -0.4 is 10.9 Å². The van der Waals surface area contributed by atoms with Crippen molar-refractivity contribution in [1.29, 1.82) is 0 Å². The summed E-state index contributed by atoms with van der Waals surface area (Å²) in [6.45, 7) is 0. The van der Waals surface area contributed by atoms with Crippen LogP contribution in [-0.2, 0) is 0 Å². The van der Waals surface area contributed by atoms with Gasteiger partial charge in [-0.15, -0.1) is 11.3 Å². The van der Waals surface area contributed by atoms with Crippen molar-refractivity contribution < 1.29 is 0 Å². The van der Waals surface area contributed by atoms with Crippen molar-refractivity contribution in [1.82, 2.24) is 4.98 Å². The van der Waals surface area contributed by atoms with Gasteiger partial charge in [-0.25, -0.2) is 4.98 Å². The van der Waals surface area contributed by atoms with Crippen LogP contribution >= 0.6 is 38.9 Å². The van der Waals surface area contributed by atoms with Crippen LogP contribution in [0.25, 0.3) is 11.3 Å². The lowest BCUT2D eigenvalue weighted by Gasteiger charge is -2.06. The molecule has 3 aromatic rings. The van der Waals surface area contributed by atoms with Crippen LogP contribution in [0.3, 0.4) is 0 Å². The molecular formula is C15H11BrClN3S. The van der Waals surface area contributed by atoms with Gasteiger partial charge in [0, 0.05) is 20.4 Å². The molecule has 106 valence electrons. The summed E-state index contributed by atoms with van der Waals surface area (Å²) in [7, 11) is 0. The normalized spacial score (nSPS) is 10.4. The average molecular weight is 381 g/mol. The summed E-state index contributed by atoms with van der Waals surface area (Å²) in [5.74, 6) is 0. The summed E-state index contributed by atoms with van der Waals surface area (Å²) in [6, 6.07) is 15.6. The van der Waals surface area contributed by atoms with Crippen LogP contribution in [0.4, 0.5) is 10.8 Å². The molecule has 0 amide bonds. The standard InChI is InChI=1S/C15H11BrClN3S/c16-11-6-4-10(5-7-11)14-9-21-15(18-14)20-19-13-3-1-2-12(17)8-13/h1-9,19H,(H,18,20). The molecule has 3 nitrogen and oxygen atoms in total. The first-order valence-corrected chi connectivity index (χ1v) is 8.25. The van der Waals surface area contributed by atoms with Crippen molar-refractivity contribution >= 4 is 49.7 Å². The molecular weight excluding hydrogens is 370 g/mol. The zero-order chi connectivity index (χ0) is 14.7. The van der Waals surface area contributed by atoms with Gasteiger partial charge in [0.15, 0.2) is 0 Å². The Balaban J connectivity index is 1.69. The van der Waals surface area contributed by atoms with E-state index in [1.807, 2.05) is 53.9 Å². The zero-order valence-corrected chi connectivity index (χ0v) is 14.0. The number of thiazole rings is 1. The van der Waals surface area contributed by atoms with E-state index in [1.54, 1.807) is 11.3 Å². The van der Waals surface area contributed by atoms with Crippen LogP contribution in [0.15, 0.2) is 58.4 Å². The largest absolute Gasteiger partial charge is 0.299 e. The van der Waals surface area contributed by atoms with Crippen LogP contribution in [0.5, 0.6) is 0 Å². The van der Waals surface area contributed by atoms with Crippen molar-refractivity contribution in [3.05, 3.63) is 63.4 Å². The van der Waals surface area contributed by atoms with E-state index in [1.165, 1.54) is 0 Å². The van der Waals surface area contributed by atoms with Crippen molar-refractivity contribution in [2.75, 3.05) is 10.9 Å². The summed E-state index contributed by atoms with van der Waals surface area (Å²) in [4.78, 5) is 4.54. The summed E-state index contributed by atoms with van der Waals surface area (Å²) in [6.07, 6.45) is 0. The number of hydrazine groups is 1. The highest BCUT2D eigenvalue weighted by molar-refractivity contribution is 9.10. The molecule has 0 bridgehead atoms. The number of halogens is 2. The predicted molar refractivity (Wildman–Crippen MR) is 93.9 cm³/mol. The summed E-state index contributed by atoms with van der Waals surface area (Å²) in [5.41, 5.74) is 9.09. The van der Waals surface area contributed by atoms with Crippen molar-refractivity contribution in [3.63, 3.8) is 0 Å². The second-order valence-corrected chi connectivity index (χ2v) is 6.52. The highest BCUT2D eigenvalue weighted by atomic mass is 79.9. The highest BCUT2D eigenvalue weighted by Gasteiger charge is 2.04. The number of anilines is 2. The Morgan fingerprint density at radius 2 is 1.86 bits per heavy atom. The summed E-state index contributed by atoms with van der Waals surface area (Å²) < 4.78 is 1.06. The van der Waals surface area contributed by atoms with Gasteiger partial charge >= 0.3 is 0 Å². The van der Waals surface area contributed by atoms with Gasteiger partial charge in [-0.1, -0.05) is 45.7 Å². The Hall–Kier alpha value is -1.56. The Kier molecular flexibility index (Phi) is 4.43. The van der Waals surface area contributed by atoms with E-state index in [-0.39, 0.29) is 0 Å². The van der Waals surface area contributed by atoms with Gasteiger partial charge in [0.25, 0.3) is 0 Å². The van der Waals surface area contributed by atoms with Gasteiger partial charge in [0.2, 0.25) is 5.13 Å². The third-order valence-corrected chi connectivity index (χ3v) is 4.30. The first kappa shape index (κ1) is 14.4. The molecule has 6 heteroatoms. The molecule has 2 aromatic carbocycles. The minimum Gasteiger partial charge on any atom is -0.299 e. The van der Waals surface area contributed by atoms with Gasteiger partial charge in [-0.2, -0.15) is 0 Å². The zero-order valence-electron chi connectivity index (χ0n) is 10.8. The van der Waals surface area contributed by atoms with Gasteiger partial charge in [-0.3, -0.25) is 10.9 Å². The van der Waals surface area contributed by atoms with Crippen molar-refractivity contribution in [3.8, 4) is 11.3 Å². The molecule has 3 rings (SSSR count). The molecule has 0 atom stereocenters. The van der Waals surface area contributed by atoms with Crippen molar-refractivity contribution in [2.24, 2.45) is 0 Å². The maximum atomic E-state index is 5.94. The van der Waals surface area contributed by atoms with Crippen LogP contribution in [0, 0.1) is 0 Å². The number of nitrogens with zero attached hydrogens (tertiary/aromatic N) is 1. The fourth-order valence-electron chi connectivity index (χ4n) is 1.78. The Morgan fingerprint density at radius 3 is 2.62 bits per heavy atom. The Morgan fingerprint density at radius 1 is 1.05 bits per heavy atom. The van der Waals surface area contributed by atoms with E-state index >= 15 is 0 Å². The molecule has 0 fully saturated rings. The molecule has 21 heavy (non-hydrogen) atoms. The minimum absolute atomic E-state index is 0.691. The molecule has 0 aliphatic carbocycles. The quantitative estimate of drug-likeness (QED) is 0.573. The molecule has 2 N–H and O–H groups in total. The summed E-state index contributed by atoms with van der Waals surface area (Å²) >= 11 is 10.9. The minimum atomic E-state index is 0.691. The van der Waals surface area contributed by atoms with E-state index in [4.69, 9.17) is 11.6 Å². The van der Waals surface area contributed by atoms with E-state index < -0.39 is 0 Å². The lowest BCUT2D eigenvalue weighted by molar-refractivity contribution is 1.33. The third-order valence-electron chi connectivity index (χ3n) is 2.78. The lowest BCUT2D eigenvalue weighted by atomic mass is 10.2. The molecule has 0 spiro atoms. The van der Waals surface area contributed by atoms with Crippen LogP contribution in [-0.4, -0.2) is 4.98 Å². The Labute approximate surface area is 140 Å². The molecule has 0 aliphatic heterocycles. The first-order chi connectivity index (χ1) is 10.2. The van der Waals surface area contributed by atoms with E-state index in [0.29, 0.717) is 5.02 Å². The second kappa shape index (κ2) is 6.47. The van der Waals surface area contributed by atoms with Gasteiger partial charge in [0.05, 0.1) is 11.4 Å². The molecule has 0 saturated heterocycles. The number of aromatic nitrogens is 1. The topological polar surface area (TPSA) is 37.0 Å². The monoisotopic (exact) mass is 379 g/mol. The molecule has 0 saturated carbocycles. The van der Waals surface area contributed by atoms with E-state index in [0.717, 1.165) is 26.5 Å². The molecule has 0 radical (unpaired) electrons. The highest BCUT2D eigenvalue weighted by Crippen LogP contribution is 2.26. The second-order valence-electron chi connectivity index (χ2n) is 4.31. The number of hydrogen-bond donors (Lipinski definition) is 2. The van der Waals surface area contributed by atoms with E-state index in [9.17, 15) is 0 Å². The number of benzene rings is 2. The number of rotatable bonds is 4. The smallest absolute Gasteiger partial charge is 0.202 e. The Bertz CT molecular complexity index is 743. The number of hydrogen-bond acceptors (Lipinski definition) is 4. The molecule has 1 heterocycles. The van der Waals surface area contributed by atoms with Crippen LogP contribution in [0.2, 0.25) is 5.02 Å². The summed E-state index contributed by atoms with van der Waals surface area (Å²) in [5, 5.41) is 3.51. The number of nitrogens with one attached hydrogen (secondary N) is 2. The van der Waals surface area contributed by atoms with Crippen molar-refractivity contribution in [2.45, 2.75) is 0 Å². The van der Waals surface area contributed by atoms with Gasteiger partial charge in [0.1, 0.15) is 0 Å². The molecule has 0 unspecified atom stereocenters. The fourth-order valence-corrected chi connectivity index (χ4v) is 2.90. The molecule has 0 aliphatic rings. The van der Waals surface area contributed by atoms with E-state index in [2.05, 4.69) is 31.8 Å². The SMILES string of the molecule is Clc1cccc(NNc2nc(-c3ccc(Br)cc3)cs2)c1.